The third-order valence-electron chi connectivity index (χ3n) is 4.34. The molecular formula is C13H24N2O3. The maximum absolute atomic E-state index is 11.7. The zero-order valence-corrected chi connectivity index (χ0v) is 11.6. The van der Waals surface area contributed by atoms with Gasteiger partial charge in [0.25, 0.3) is 0 Å². The van der Waals surface area contributed by atoms with Gasteiger partial charge in [0.1, 0.15) is 6.61 Å². The van der Waals surface area contributed by atoms with Crippen molar-refractivity contribution >= 4 is 5.91 Å². The van der Waals surface area contributed by atoms with Gasteiger partial charge in [-0.2, -0.15) is 0 Å². The van der Waals surface area contributed by atoms with E-state index in [-0.39, 0.29) is 18.1 Å². The summed E-state index contributed by atoms with van der Waals surface area (Å²) >= 11 is 0. The van der Waals surface area contributed by atoms with E-state index >= 15 is 0 Å². The average Bonchev–Trinajstić information content (AvgIpc) is 2.29. The van der Waals surface area contributed by atoms with Gasteiger partial charge < -0.3 is 14.4 Å². The van der Waals surface area contributed by atoms with Gasteiger partial charge in [0.2, 0.25) is 5.91 Å². The van der Waals surface area contributed by atoms with Crippen molar-refractivity contribution in [1.82, 2.24) is 9.80 Å². The van der Waals surface area contributed by atoms with Gasteiger partial charge in [0.15, 0.2) is 0 Å². The molecule has 0 saturated carbocycles. The molecule has 5 nitrogen and oxygen atoms in total. The number of likely N-dealkylation sites (tertiary alicyclic amines) is 2. The summed E-state index contributed by atoms with van der Waals surface area (Å²) in [6, 6.07) is 0. The maximum atomic E-state index is 11.7. The highest BCUT2D eigenvalue weighted by molar-refractivity contribution is 5.78. The lowest BCUT2D eigenvalue weighted by Crippen LogP contribution is -2.72. The fourth-order valence-electron chi connectivity index (χ4n) is 3.21. The zero-order valence-electron chi connectivity index (χ0n) is 11.6. The molecule has 0 N–H and O–H groups in total. The van der Waals surface area contributed by atoms with Crippen molar-refractivity contribution in [3.05, 3.63) is 0 Å². The normalized spacial score (nSPS) is 27.3. The van der Waals surface area contributed by atoms with Crippen LogP contribution in [0.1, 0.15) is 12.8 Å². The molecule has 0 radical (unpaired) electrons. The first-order valence-electron chi connectivity index (χ1n) is 6.58. The van der Waals surface area contributed by atoms with E-state index in [4.69, 9.17) is 9.47 Å². The van der Waals surface area contributed by atoms with Crippen LogP contribution in [-0.2, 0) is 14.3 Å². The Morgan fingerprint density at radius 3 is 2.67 bits per heavy atom. The fourth-order valence-corrected chi connectivity index (χ4v) is 3.21. The third kappa shape index (κ3) is 2.53. The second-order valence-electron chi connectivity index (χ2n) is 5.64. The molecule has 2 aliphatic heterocycles. The van der Waals surface area contributed by atoms with E-state index in [0.29, 0.717) is 5.92 Å². The first-order chi connectivity index (χ1) is 8.61. The zero-order chi connectivity index (χ0) is 13.2. The smallest absolute Gasteiger partial charge is 0.248 e. The molecule has 0 aromatic carbocycles. The van der Waals surface area contributed by atoms with E-state index in [2.05, 4.69) is 11.9 Å². The molecule has 18 heavy (non-hydrogen) atoms. The first kappa shape index (κ1) is 13.8. The van der Waals surface area contributed by atoms with E-state index < -0.39 is 0 Å². The summed E-state index contributed by atoms with van der Waals surface area (Å²) in [5, 5.41) is 0. The number of likely N-dealkylation sites (N-methyl/N-ethyl adjacent to an activating group) is 1. The van der Waals surface area contributed by atoms with E-state index in [1.165, 1.54) is 6.42 Å². The van der Waals surface area contributed by atoms with Gasteiger partial charge in [0, 0.05) is 33.9 Å². The van der Waals surface area contributed by atoms with Crippen molar-refractivity contribution in [3.8, 4) is 0 Å². The Morgan fingerprint density at radius 2 is 2.06 bits per heavy atom. The number of methoxy groups -OCH3 is 2. The lowest BCUT2D eigenvalue weighted by Gasteiger charge is -2.58. The van der Waals surface area contributed by atoms with E-state index in [1.807, 2.05) is 4.90 Å². The highest BCUT2D eigenvalue weighted by Crippen LogP contribution is 2.38. The predicted molar refractivity (Wildman–Crippen MR) is 68.4 cm³/mol. The number of carbonyl (C=O) groups is 1. The lowest BCUT2D eigenvalue weighted by molar-refractivity contribution is -0.154. The molecule has 104 valence electrons. The topological polar surface area (TPSA) is 42.0 Å². The molecular weight excluding hydrogens is 232 g/mol. The molecule has 1 amide bonds. The first-order valence-corrected chi connectivity index (χ1v) is 6.58. The van der Waals surface area contributed by atoms with Crippen molar-refractivity contribution in [2.75, 3.05) is 54.1 Å². The van der Waals surface area contributed by atoms with Crippen molar-refractivity contribution in [3.63, 3.8) is 0 Å². The van der Waals surface area contributed by atoms with Crippen molar-refractivity contribution in [2.45, 2.75) is 18.4 Å². The number of ether oxygens (including phenoxy) is 2. The Bertz CT molecular complexity index is 303. The van der Waals surface area contributed by atoms with Crippen LogP contribution in [0.2, 0.25) is 0 Å². The number of hydrogen-bond acceptors (Lipinski definition) is 4. The molecule has 2 saturated heterocycles. The SMILES string of the molecule is COCC(=O)N1CC2(C[C@H](COC)CCN2C)C1. The molecule has 0 bridgehead atoms. The van der Waals surface area contributed by atoms with Crippen LogP contribution < -0.4 is 0 Å². The Hall–Kier alpha value is -0.650. The van der Waals surface area contributed by atoms with E-state index in [9.17, 15) is 4.79 Å². The summed E-state index contributed by atoms with van der Waals surface area (Å²) in [6.07, 6.45) is 2.33. The minimum absolute atomic E-state index is 0.102. The van der Waals surface area contributed by atoms with Crippen LogP contribution in [0, 0.1) is 5.92 Å². The number of piperidine rings is 1. The lowest BCUT2D eigenvalue weighted by atomic mass is 9.75. The van der Waals surface area contributed by atoms with Crippen LogP contribution in [0.5, 0.6) is 0 Å². The van der Waals surface area contributed by atoms with Gasteiger partial charge in [-0.05, 0) is 32.4 Å². The van der Waals surface area contributed by atoms with Crippen LogP contribution in [0.4, 0.5) is 0 Å². The van der Waals surface area contributed by atoms with Crippen LogP contribution in [-0.4, -0.2) is 75.4 Å². The summed E-state index contributed by atoms with van der Waals surface area (Å²) in [6.45, 7) is 3.81. The number of rotatable bonds is 4. The van der Waals surface area contributed by atoms with Gasteiger partial charge >= 0.3 is 0 Å². The summed E-state index contributed by atoms with van der Waals surface area (Å²) in [5.41, 5.74) is 0.185. The molecule has 0 aromatic rings. The summed E-state index contributed by atoms with van der Waals surface area (Å²) in [7, 11) is 5.50. The molecule has 2 rings (SSSR count). The quantitative estimate of drug-likeness (QED) is 0.721. The minimum Gasteiger partial charge on any atom is -0.384 e. The molecule has 0 aliphatic carbocycles. The Morgan fingerprint density at radius 1 is 1.33 bits per heavy atom. The summed E-state index contributed by atoms with van der Waals surface area (Å²) in [4.78, 5) is 16.0. The van der Waals surface area contributed by atoms with Crippen LogP contribution in [0.25, 0.3) is 0 Å². The maximum Gasteiger partial charge on any atom is 0.248 e. The minimum atomic E-state index is 0.102. The number of amides is 1. The van der Waals surface area contributed by atoms with E-state index in [1.54, 1.807) is 14.2 Å². The van der Waals surface area contributed by atoms with Gasteiger partial charge in [-0.1, -0.05) is 0 Å². The number of nitrogens with zero attached hydrogens (tertiary/aromatic N) is 2. The average molecular weight is 256 g/mol. The van der Waals surface area contributed by atoms with Crippen molar-refractivity contribution < 1.29 is 14.3 Å². The van der Waals surface area contributed by atoms with Crippen molar-refractivity contribution in [1.29, 1.82) is 0 Å². The largest absolute Gasteiger partial charge is 0.384 e. The Labute approximate surface area is 109 Å². The fraction of sp³-hybridized carbons (Fsp3) is 0.923. The molecule has 1 atom stereocenters. The standard InChI is InChI=1S/C13H24N2O3/c1-14-5-4-11(7-17-2)6-13(14)9-15(10-13)12(16)8-18-3/h11H,4-10H2,1-3H3/t11-/m1/s1. The molecule has 1 spiro atoms. The summed E-state index contributed by atoms with van der Waals surface area (Å²) in [5.74, 6) is 0.733. The van der Waals surface area contributed by atoms with Crippen molar-refractivity contribution in [2.24, 2.45) is 5.92 Å². The van der Waals surface area contributed by atoms with Gasteiger partial charge in [-0.15, -0.1) is 0 Å². The van der Waals surface area contributed by atoms with E-state index in [0.717, 1.165) is 32.7 Å². The summed E-state index contributed by atoms with van der Waals surface area (Å²) < 4.78 is 10.2. The van der Waals surface area contributed by atoms with Crippen LogP contribution in [0.15, 0.2) is 0 Å². The molecule has 0 unspecified atom stereocenters. The monoisotopic (exact) mass is 256 g/mol. The highest BCUT2D eigenvalue weighted by atomic mass is 16.5. The Kier molecular flexibility index (Phi) is 4.25. The second-order valence-corrected chi connectivity index (χ2v) is 5.64. The highest BCUT2D eigenvalue weighted by Gasteiger charge is 2.50. The van der Waals surface area contributed by atoms with Gasteiger partial charge in [-0.3, -0.25) is 9.69 Å². The molecule has 2 fully saturated rings. The second kappa shape index (κ2) is 5.55. The molecule has 2 aliphatic rings. The van der Waals surface area contributed by atoms with Gasteiger partial charge in [0.05, 0.1) is 5.54 Å². The predicted octanol–water partition coefficient (Wildman–Crippen LogP) is 0.202. The Balaban J connectivity index is 1.90. The number of carbonyl (C=O) groups excluding carboxylic acids is 1. The number of hydrogen-bond donors (Lipinski definition) is 0. The molecule has 5 heteroatoms. The molecule has 0 aromatic heterocycles. The van der Waals surface area contributed by atoms with Crippen LogP contribution in [0.3, 0.4) is 0 Å². The third-order valence-corrected chi connectivity index (χ3v) is 4.34. The molecule has 2 heterocycles. The van der Waals surface area contributed by atoms with Crippen LogP contribution >= 0.6 is 0 Å². The van der Waals surface area contributed by atoms with Gasteiger partial charge in [-0.25, -0.2) is 0 Å².